The molecule has 100 valence electrons. The molecule has 1 N–H and O–H groups in total. The zero-order valence-electron chi connectivity index (χ0n) is 11.0. The van der Waals surface area contributed by atoms with Gasteiger partial charge in [-0.3, -0.25) is 4.79 Å². The molecule has 1 aromatic carbocycles. The first-order valence-corrected chi connectivity index (χ1v) is 6.35. The minimum atomic E-state index is -0.811. The molecule has 4 heteroatoms. The number of halogens is 1. The number of carbonyl (C=O) groups is 1. The quantitative estimate of drug-likeness (QED) is 0.856. The van der Waals surface area contributed by atoms with Crippen molar-refractivity contribution in [2.24, 2.45) is 5.41 Å². The van der Waals surface area contributed by atoms with Crippen LogP contribution in [-0.4, -0.2) is 17.7 Å². The lowest BCUT2D eigenvalue weighted by Crippen LogP contribution is -2.24. The summed E-state index contributed by atoms with van der Waals surface area (Å²) in [6.45, 7) is 6.14. The van der Waals surface area contributed by atoms with Crippen LogP contribution in [0, 0.1) is 5.41 Å². The molecule has 0 aliphatic heterocycles. The monoisotopic (exact) mass is 270 g/mol. The van der Waals surface area contributed by atoms with Gasteiger partial charge < -0.3 is 9.84 Å². The van der Waals surface area contributed by atoms with Crippen LogP contribution in [0.5, 0.6) is 5.75 Å². The summed E-state index contributed by atoms with van der Waals surface area (Å²) in [5.74, 6) is -0.0799. The van der Waals surface area contributed by atoms with Gasteiger partial charge in [0.2, 0.25) is 0 Å². The predicted octanol–water partition coefficient (Wildman–Crippen LogP) is 3.78. The van der Waals surface area contributed by atoms with Gasteiger partial charge in [0.05, 0.1) is 13.0 Å². The summed E-state index contributed by atoms with van der Waals surface area (Å²) >= 11 is 6.02. The molecule has 0 saturated heterocycles. The SMILES string of the molecule is CCc1cc(OCC(C)(C)CC(=O)O)ccc1Cl. The Hall–Kier alpha value is -1.22. The molecule has 0 radical (unpaired) electrons. The lowest BCUT2D eigenvalue weighted by molar-refractivity contribution is -0.139. The van der Waals surface area contributed by atoms with E-state index in [2.05, 4.69) is 0 Å². The van der Waals surface area contributed by atoms with Gasteiger partial charge in [-0.2, -0.15) is 0 Å². The van der Waals surface area contributed by atoms with Crippen LogP contribution in [-0.2, 0) is 11.2 Å². The van der Waals surface area contributed by atoms with Crippen molar-refractivity contribution < 1.29 is 14.6 Å². The van der Waals surface area contributed by atoms with Gasteiger partial charge in [-0.15, -0.1) is 0 Å². The first kappa shape index (κ1) is 14.8. The van der Waals surface area contributed by atoms with Crippen molar-refractivity contribution in [3.63, 3.8) is 0 Å². The van der Waals surface area contributed by atoms with E-state index in [-0.39, 0.29) is 6.42 Å². The normalized spacial score (nSPS) is 11.3. The van der Waals surface area contributed by atoms with Crippen LogP contribution in [0.3, 0.4) is 0 Å². The third-order valence-electron chi connectivity index (χ3n) is 2.66. The van der Waals surface area contributed by atoms with Gasteiger partial charge in [-0.25, -0.2) is 0 Å². The van der Waals surface area contributed by atoms with Crippen LogP contribution in [0.15, 0.2) is 18.2 Å². The molecule has 1 aromatic rings. The molecule has 3 nitrogen and oxygen atoms in total. The largest absolute Gasteiger partial charge is 0.493 e. The van der Waals surface area contributed by atoms with Gasteiger partial charge in [0, 0.05) is 10.4 Å². The summed E-state index contributed by atoms with van der Waals surface area (Å²) in [5, 5.41) is 9.52. The van der Waals surface area contributed by atoms with E-state index in [9.17, 15) is 4.79 Å². The molecule has 0 spiro atoms. The average Bonchev–Trinajstić information content (AvgIpc) is 2.26. The molecule has 0 aliphatic rings. The van der Waals surface area contributed by atoms with Crippen molar-refractivity contribution >= 4 is 17.6 Å². The Kier molecular flexibility index (Phi) is 5.03. The zero-order chi connectivity index (χ0) is 13.8. The Labute approximate surface area is 113 Å². The highest BCUT2D eigenvalue weighted by molar-refractivity contribution is 6.31. The molecule has 0 heterocycles. The van der Waals surface area contributed by atoms with Crippen molar-refractivity contribution in [3.8, 4) is 5.75 Å². The second kappa shape index (κ2) is 6.10. The van der Waals surface area contributed by atoms with Crippen LogP contribution in [0.25, 0.3) is 0 Å². The highest BCUT2D eigenvalue weighted by atomic mass is 35.5. The van der Waals surface area contributed by atoms with E-state index in [1.54, 1.807) is 12.1 Å². The van der Waals surface area contributed by atoms with Gasteiger partial charge in [-0.05, 0) is 30.2 Å². The van der Waals surface area contributed by atoms with E-state index in [4.69, 9.17) is 21.4 Å². The fraction of sp³-hybridized carbons (Fsp3) is 0.500. The zero-order valence-corrected chi connectivity index (χ0v) is 11.8. The minimum absolute atomic E-state index is 0.0845. The standard InChI is InChI=1S/C14H19ClO3/c1-4-10-7-11(5-6-12(10)15)18-9-14(2,3)8-13(16)17/h5-7H,4,8-9H2,1-3H3,(H,16,17). The summed E-state index contributed by atoms with van der Waals surface area (Å²) in [6.07, 6.45) is 0.926. The van der Waals surface area contributed by atoms with Crippen LogP contribution < -0.4 is 4.74 Å². The maximum atomic E-state index is 10.7. The van der Waals surface area contributed by atoms with Crippen molar-refractivity contribution in [1.82, 2.24) is 0 Å². The van der Waals surface area contributed by atoms with Crippen molar-refractivity contribution in [2.75, 3.05) is 6.61 Å². The topological polar surface area (TPSA) is 46.5 Å². The van der Waals surface area contributed by atoms with Crippen LogP contribution in [0.4, 0.5) is 0 Å². The summed E-state index contributed by atoms with van der Waals surface area (Å²) in [6, 6.07) is 5.51. The first-order chi connectivity index (χ1) is 8.34. The maximum absolute atomic E-state index is 10.7. The van der Waals surface area contributed by atoms with E-state index < -0.39 is 11.4 Å². The smallest absolute Gasteiger partial charge is 0.304 e. The van der Waals surface area contributed by atoms with Crippen LogP contribution in [0.2, 0.25) is 5.02 Å². The Morgan fingerprint density at radius 2 is 2.11 bits per heavy atom. The molecule has 0 aromatic heterocycles. The number of aryl methyl sites for hydroxylation is 1. The van der Waals surface area contributed by atoms with Crippen molar-refractivity contribution in [3.05, 3.63) is 28.8 Å². The average molecular weight is 271 g/mol. The number of carboxylic acid groups (broad SMARTS) is 1. The molecule has 18 heavy (non-hydrogen) atoms. The molecule has 0 amide bonds. The molecule has 0 atom stereocenters. The predicted molar refractivity (Wildman–Crippen MR) is 72.4 cm³/mol. The fourth-order valence-electron chi connectivity index (χ4n) is 1.65. The van der Waals surface area contributed by atoms with Gasteiger partial charge in [0.25, 0.3) is 0 Å². The Balaban J connectivity index is 2.66. The minimum Gasteiger partial charge on any atom is -0.493 e. The summed E-state index contributed by atoms with van der Waals surface area (Å²) in [5.41, 5.74) is 0.642. The first-order valence-electron chi connectivity index (χ1n) is 5.97. The van der Waals surface area contributed by atoms with Crippen molar-refractivity contribution in [2.45, 2.75) is 33.6 Å². The van der Waals surface area contributed by atoms with Crippen LogP contribution >= 0.6 is 11.6 Å². The molecule has 0 aliphatic carbocycles. The number of rotatable bonds is 6. The number of ether oxygens (including phenoxy) is 1. The molecule has 0 bridgehead atoms. The van der Waals surface area contributed by atoms with Gasteiger partial charge in [0.1, 0.15) is 5.75 Å². The third-order valence-corrected chi connectivity index (χ3v) is 3.03. The van der Waals surface area contributed by atoms with E-state index >= 15 is 0 Å². The van der Waals surface area contributed by atoms with Crippen molar-refractivity contribution in [1.29, 1.82) is 0 Å². The molecule has 0 unspecified atom stereocenters. The van der Waals surface area contributed by atoms with E-state index in [0.29, 0.717) is 6.61 Å². The molecule has 0 fully saturated rings. The maximum Gasteiger partial charge on any atom is 0.304 e. The summed E-state index contributed by atoms with van der Waals surface area (Å²) < 4.78 is 5.65. The van der Waals surface area contributed by atoms with E-state index in [1.807, 2.05) is 26.8 Å². The molecular formula is C14H19ClO3. The number of carboxylic acids is 1. The Bertz CT molecular complexity index is 427. The third kappa shape index (κ3) is 4.57. The number of hydrogen-bond acceptors (Lipinski definition) is 2. The number of aliphatic carboxylic acids is 1. The summed E-state index contributed by atoms with van der Waals surface area (Å²) in [4.78, 5) is 10.7. The number of benzene rings is 1. The lowest BCUT2D eigenvalue weighted by Gasteiger charge is -2.22. The highest BCUT2D eigenvalue weighted by Crippen LogP contribution is 2.26. The molecule has 0 saturated carbocycles. The van der Waals surface area contributed by atoms with E-state index in [1.165, 1.54) is 0 Å². The van der Waals surface area contributed by atoms with Crippen LogP contribution in [0.1, 0.15) is 32.8 Å². The second-order valence-corrected chi connectivity index (χ2v) is 5.54. The van der Waals surface area contributed by atoms with E-state index in [0.717, 1.165) is 22.8 Å². The highest BCUT2D eigenvalue weighted by Gasteiger charge is 2.22. The van der Waals surface area contributed by atoms with Gasteiger partial charge in [0.15, 0.2) is 0 Å². The molecule has 1 rings (SSSR count). The Morgan fingerprint density at radius 3 is 2.67 bits per heavy atom. The van der Waals surface area contributed by atoms with Gasteiger partial charge >= 0.3 is 5.97 Å². The lowest BCUT2D eigenvalue weighted by atomic mass is 9.91. The van der Waals surface area contributed by atoms with Gasteiger partial charge in [-0.1, -0.05) is 32.4 Å². The summed E-state index contributed by atoms with van der Waals surface area (Å²) in [7, 11) is 0. The number of hydrogen-bond donors (Lipinski definition) is 1. The fourth-order valence-corrected chi connectivity index (χ4v) is 1.90. The second-order valence-electron chi connectivity index (χ2n) is 5.13. The Morgan fingerprint density at radius 1 is 1.44 bits per heavy atom. The molecular weight excluding hydrogens is 252 g/mol.